The summed E-state index contributed by atoms with van der Waals surface area (Å²) >= 11 is 0. The lowest BCUT2D eigenvalue weighted by Crippen LogP contribution is -2.45. The molecule has 1 amide bonds. The van der Waals surface area contributed by atoms with Gasteiger partial charge in [-0.3, -0.25) is 4.79 Å². The third-order valence-electron chi connectivity index (χ3n) is 7.09. The number of ether oxygens (including phenoxy) is 2. The van der Waals surface area contributed by atoms with Crippen molar-refractivity contribution in [1.82, 2.24) is 19.8 Å². The number of carbonyl (C=O) groups excluding carboxylic acids is 1. The Kier molecular flexibility index (Phi) is 8.74. The lowest BCUT2D eigenvalue weighted by molar-refractivity contribution is -0.133. The molecule has 2 aromatic carbocycles. The second kappa shape index (κ2) is 12.8. The molecule has 10 heteroatoms. The Morgan fingerprint density at radius 1 is 1.10 bits per heavy atom. The third-order valence-corrected chi connectivity index (χ3v) is 7.09. The molecule has 0 spiro atoms. The van der Waals surface area contributed by atoms with E-state index in [0.717, 1.165) is 50.4 Å². The summed E-state index contributed by atoms with van der Waals surface area (Å²) in [6.45, 7) is 5.01. The van der Waals surface area contributed by atoms with Crippen LogP contribution in [-0.4, -0.2) is 91.8 Å². The molecule has 3 aromatic rings. The van der Waals surface area contributed by atoms with Gasteiger partial charge in [-0.25, -0.2) is 9.97 Å². The summed E-state index contributed by atoms with van der Waals surface area (Å²) in [5.41, 5.74) is 4.03. The number of rotatable bonds is 8. The van der Waals surface area contributed by atoms with Crippen molar-refractivity contribution in [3.05, 3.63) is 60.3 Å². The number of nitrogens with zero attached hydrogens (tertiary/aromatic N) is 6. The van der Waals surface area contributed by atoms with Crippen LogP contribution in [0.25, 0.3) is 11.3 Å². The van der Waals surface area contributed by atoms with E-state index in [0.29, 0.717) is 42.6 Å². The number of amides is 1. The molecule has 40 heavy (non-hydrogen) atoms. The number of likely N-dealkylation sites (tertiary alicyclic amines) is 1. The maximum atomic E-state index is 12.3. The van der Waals surface area contributed by atoms with Crippen LogP contribution in [0.1, 0.15) is 18.4 Å². The summed E-state index contributed by atoms with van der Waals surface area (Å²) in [4.78, 5) is 27.4. The highest BCUT2D eigenvalue weighted by Crippen LogP contribution is 2.29. The van der Waals surface area contributed by atoms with Crippen molar-refractivity contribution >= 4 is 23.2 Å². The highest BCUT2D eigenvalue weighted by atomic mass is 16.5. The van der Waals surface area contributed by atoms with Crippen molar-refractivity contribution in [2.45, 2.75) is 18.9 Å². The van der Waals surface area contributed by atoms with Gasteiger partial charge in [0, 0.05) is 62.2 Å². The standard InChI is InChI=1S/C30H35N7O3/c1-35(2)21-29(38)37-13-10-26(11-14-37)40-28-8-3-22(19-23(28)20-31)27-9-12-32-30(34-27)33-24-4-6-25(7-5-24)36-15-17-39-18-16-36/h3-9,12,19,26H,10-11,13-18,21H2,1-2H3,(H,32,33,34). The van der Waals surface area contributed by atoms with Crippen molar-refractivity contribution in [3.63, 3.8) is 0 Å². The molecule has 10 nitrogen and oxygen atoms in total. The Bertz CT molecular complexity index is 1340. The molecule has 2 saturated heterocycles. The normalized spacial score (nSPS) is 16.1. The van der Waals surface area contributed by atoms with Gasteiger partial charge in [-0.2, -0.15) is 5.26 Å². The fourth-order valence-electron chi connectivity index (χ4n) is 4.94. The van der Waals surface area contributed by atoms with E-state index in [-0.39, 0.29) is 12.0 Å². The van der Waals surface area contributed by atoms with Crippen molar-refractivity contribution < 1.29 is 14.3 Å². The average Bonchev–Trinajstić information content (AvgIpc) is 2.98. The SMILES string of the molecule is CN(C)CC(=O)N1CCC(Oc2ccc(-c3ccnc(Nc4ccc(N5CCOCC5)cc4)n3)cc2C#N)CC1. The number of piperidine rings is 1. The molecule has 5 rings (SSSR count). The Morgan fingerprint density at radius 2 is 1.85 bits per heavy atom. The Balaban J connectivity index is 1.21. The minimum atomic E-state index is -0.0363. The maximum Gasteiger partial charge on any atom is 0.236 e. The van der Waals surface area contributed by atoms with Crippen LogP contribution in [-0.2, 0) is 9.53 Å². The number of hydrogen-bond donors (Lipinski definition) is 1. The molecule has 0 atom stereocenters. The van der Waals surface area contributed by atoms with E-state index in [9.17, 15) is 10.1 Å². The number of likely N-dealkylation sites (N-methyl/N-ethyl adjacent to an activating group) is 1. The Hall–Kier alpha value is -4.20. The lowest BCUT2D eigenvalue weighted by atomic mass is 10.1. The molecule has 0 saturated carbocycles. The van der Waals surface area contributed by atoms with Gasteiger partial charge in [-0.05, 0) is 62.6 Å². The summed E-state index contributed by atoms with van der Waals surface area (Å²) in [5.74, 6) is 1.16. The summed E-state index contributed by atoms with van der Waals surface area (Å²) in [5, 5.41) is 13.1. The number of benzene rings is 2. The van der Waals surface area contributed by atoms with Gasteiger partial charge in [-0.15, -0.1) is 0 Å². The zero-order valence-corrected chi connectivity index (χ0v) is 23.0. The fourth-order valence-corrected chi connectivity index (χ4v) is 4.94. The first-order valence-electron chi connectivity index (χ1n) is 13.6. The molecule has 2 aliphatic rings. The smallest absolute Gasteiger partial charge is 0.236 e. The monoisotopic (exact) mass is 541 g/mol. The van der Waals surface area contributed by atoms with Crippen LogP contribution < -0.4 is 15.0 Å². The van der Waals surface area contributed by atoms with E-state index in [1.807, 2.05) is 54.2 Å². The number of aromatic nitrogens is 2. The van der Waals surface area contributed by atoms with Gasteiger partial charge in [0.15, 0.2) is 0 Å². The van der Waals surface area contributed by atoms with E-state index >= 15 is 0 Å². The molecule has 1 N–H and O–H groups in total. The molecule has 208 valence electrons. The van der Waals surface area contributed by atoms with Gasteiger partial charge >= 0.3 is 0 Å². The summed E-state index contributed by atoms with van der Waals surface area (Å²) in [7, 11) is 3.79. The van der Waals surface area contributed by atoms with Crippen LogP contribution in [0.4, 0.5) is 17.3 Å². The molecule has 1 aromatic heterocycles. The summed E-state index contributed by atoms with van der Waals surface area (Å²) < 4.78 is 11.6. The zero-order chi connectivity index (χ0) is 27.9. The molecular weight excluding hydrogens is 506 g/mol. The van der Waals surface area contributed by atoms with E-state index in [1.54, 1.807) is 12.3 Å². The van der Waals surface area contributed by atoms with Crippen LogP contribution in [0, 0.1) is 11.3 Å². The summed E-state index contributed by atoms with van der Waals surface area (Å²) in [6, 6.07) is 17.8. The minimum absolute atomic E-state index is 0.0363. The third kappa shape index (κ3) is 6.86. The molecule has 0 aliphatic carbocycles. The number of morpholine rings is 1. The summed E-state index contributed by atoms with van der Waals surface area (Å²) in [6.07, 6.45) is 3.14. The van der Waals surface area contributed by atoms with Crippen LogP contribution >= 0.6 is 0 Å². The Morgan fingerprint density at radius 3 is 2.55 bits per heavy atom. The molecule has 3 heterocycles. The van der Waals surface area contributed by atoms with Gasteiger partial charge in [0.1, 0.15) is 17.9 Å². The first-order valence-corrected chi connectivity index (χ1v) is 13.6. The molecule has 2 fully saturated rings. The van der Waals surface area contributed by atoms with Crippen molar-refractivity contribution in [1.29, 1.82) is 5.26 Å². The van der Waals surface area contributed by atoms with E-state index in [4.69, 9.17) is 9.47 Å². The van der Waals surface area contributed by atoms with Crippen molar-refractivity contribution in [2.75, 3.05) is 70.2 Å². The van der Waals surface area contributed by atoms with Crippen molar-refractivity contribution in [2.24, 2.45) is 0 Å². The number of hydrogen-bond acceptors (Lipinski definition) is 9. The van der Waals surface area contributed by atoms with E-state index in [2.05, 4.69) is 38.4 Å². The lowest BCUT2D eigenvalue weighted by Gasteiger charge is -2.33. The van der Waals surface area contributed by atoms with E-state index < -0.39 is 0 Å². The van der Waals surface area contributed by atoms with Crippen molar-refractivity contribution in [3.8, 4) is 23.1 Å². The second-order valence-electron chi connectivity index (χ2n) is 10.3. The maximum absolute atomic E-state index is 12.3. The molecule has 2 aliphatic heterocycles. The van der Waals surface area contributed by atoms with Crippen LogP contribution in [0.3, 0.4) is 0 Å². The van der Waals surface area contributed by atoms with Crippen LogP contribution in [0.15, 0.2) is 54.7 Å². The van der Waals surface area contributed by atoms with Gasteiger partial charge in [0.05, 0.1) is 31.0 Å². The Labute approximate surface area is 235 Å². The molecule has 0 bridgehead atoms. The highest BCUT2D eigenvalue weighted by molar-refractivity contribution is 5.78. The first-order chi connectivity index (χ1) is 19.5. The van der Waals surface area contributed by atoms with Gasteiger partial charge < -0.3 is 29.5 Å². The van der Waals surface area contributed by atoms with Gasteiger partial charge in [0.2, 0.25) is 11.9 Å². The first kappa shape index (κ1) is 27.4. The average molecular weight is 542 g/mol. The number of carbonyl (C=O) groups is 1. The fraction of sp³-hybridized carbons (Fsp3) is 0.400. The van der Waals surface area contributed by atoms with Gasteiger partial charge in [-0.1, -0.05) is 0 Å². The largest absolute Gasteiger partial charge is 0.489 e. The number of nitrogens with one attached hydrogen (secondary N) is 1. The number of nitriles is 1. The molecule has 0 radical (unpaired) electrons. The van der Waals surface area contributed by atoms with E-state index in [1.165, 1.54) is 5.69 Å². The minimum Gasteiger partial charge on any atom is -0.489 e. The number of anilines is 3. The predicted molar refractivity (Wildman–Crippen MR) is 154 cm³/mol. The second-order valence-corrected chi connectivity index (χ2v) is 10.3. The quantitative estimate of drug-likeness (QED) is 0.458. The molecular formula is C30H35N7O3. The van der Waals surface area contributed by atoms with Crippen LogP contribution in [0.2, 0.25) is 0 Å². The van der Waals surface area contributed by atoms with Gasteiger partial charge in [0.25, 0.3) is 0 Å². The topological polar surface area (TPSA) is 107 Å². The van der Waals surface area contributed by atoms with Crippen LogP contribution in [0.5, 0.6) is 5.75 Å². The predicted octanol–water partition coefficient (Wildman–Crippen LogP) is 3.53. The zero-order valence-electron chi connectivity index (χ0n) is 23.0. The highest BCUT2D eigenvalue weighted by Gasteiger charge is 2.25. The molecule has 0 unspecified atom stereocenters.